The number of nitrogens with zero attached hydrogens (tertiary/aromatic N) is 1. The molecule has 2 aromatic carbocycles. The summed E-state index contributed by atoms with van der Waals surface area (Å²) in [6, 6.07) is 10.8. The summed E-state index contributed by atoms with van der Waals surface area (Å²) in [7, 11) is 0. The van der Waals surface area contributed by atoms with E-state index in [0.29, 0.717) is 35.2 Å². The van der Waals surface area contributed by atoms with Crippen LogP contribution >= 0.6 is 11.6 Å². The van der Waals surface area contributed by atoms with Gasteiger partial charge in [-0.1, -0.05) is 11.6 Å². The van der Waals surface area contributed by atoms with Crippen molar-refractivity contribution in [3.05, 3.63) is 47.0 Å². The molecule has 3 aromatic rings. The van der Waals surface area contributed by atoms with E-state index in [9.17, 15) is 5.11 Å². The summed E-state index contributed by atoms with van der Waals surface area (Å²) < 4.78 is 11.0. The largest absolute Gasteiger partial charge is 0.494 e. The fourth-order valence-corrected chi connectivity index (χ4v) is 2.72. The van der Waals surface area contributed by atoms with Gasteiger partial charge < -0.3 is 19.6 Å². The molecule has 116 valence electrons. The van der Waals surface area contributed by atoms with Gasteiger partial charge in [-0.3, -0.25) is 4.99 Å². The SMILES string of the molecule is Oc1[nH]c2ccc(Cl)cc2c1C=Nc1ccc2c(c1)OCCO2. The van der Waals surface area contributed by atoms with Crippen molar-refractivity contribution >= 4 is 34.4 Å². The third-order valence-corrected chi connectivity index (χ3v) is 3.88. The van der Waals surface area contributed by atoms with Crippen LogP contribution in [0.4, 0.5) is 5.69 Å². The lowest BCUT2D eigenvalue weighted by atomic mass is 10.2. The van der Waals surface area contributed by atoms with Gasteiger partial charge in [0.2, 0.25) is 0 Å². The molecule has 2 heterocycles. The van der Waals surface area contributed by atoms with Crippen molar-refractivity contribution in [2.45, 2.75) is 0 Å². The fourth-order valence-electron chi connectivity index (χ4n) is 2.55. The van der Waals surface area contributed by atoms with Crippen molar-refractivity contribution in [2.24, 2.45) is 4.99 Å². The number of H-pyrrole nitrogens is 1. The molecule has 4 rings (SSSR count). The Balaban J connectivity index is 1.71. The van der Waals surface area contributed by atoms with Gasteiger partial charge in [-0.05, 0) is 30.3 Å². The Bertz CT molecular complexity index is 918. The average molecular weight is 329 g/mol. The Morgan fingerprint density at radius 3 is 2.78 bits per heavy atom. The van der Waals surface area contributed by atoms with Gasteiger partial charge in [0, 0.05) is 28.2 Å². The molecule has 0 atom stereocenters. The normalized spacial score (nSPS) is 13.8. The zero-order valence-electron chi connectivity index (χ0n) is 12.0. The molecule has 0 bridgehead atoms. The van der Waals surface area contributed by atoms with Crippen LogP contribution in [-0.2, 0) is 0 Å². The average Bonchev–Trinajstić information content (AvgIpc) is 2.87. The molecule has 23 heavy (non-hydrogen) atoms. The minimum Gasteiger partial charge on any atom is -0.494 e. The second-order valence-corrected chi connectivity index (χ2v) is 5.60. The van der Waals surface area contributed by atoms with Crippen LogP contribution in [0.3, 0.4) is 0 Å². The third kappa shape index (κ3) is 2.59. The lowest BCUT2D eigenvalue weighted by Crippen LogP contribution is -2.14. The molecule has 0 saturated heterocycles. The first-order chi connectivity index (χ1) is 11.2. The highest BCUT2D eigenvalue weighted by Gasteiger charge is 2.12. The minimum absolute atomic E-state index is 0.0589. The molecule has 0 fully saturated rings. The van der Waals surface area contributed by atoms with Gasteiger partial charge in [0.05, 0.1) is 11.3 Å². The van der Waals surface area contributed by atoms with Crippen LogP contribution in [0.5, 0.6) is 17.4 Å². The molecule has 0 radical (unpaired) electrons. The quantitative estimate of drug-likeness (QED) is 0.697. The molecule has 0 saturated carbocycles. The number of hydrogen-bond donors (Lipinski definition) is 2. The Morgan fingerprint density at radius 1 is 1.09 bits per heavy atom. The predicted octanol–water partition coefficient (Wildman–Crippen LogP) is 4.05. The molecule has 5 nitrogen and oxygen atoms in total. The minimum atomic E-state index is 0.0589. The van der Waals surface area contributed by atoms with Crippen LogP contribution in [0, 0.1) is 0 Å². The maximum Gasteiger partial charge on any atom is 0.198 e. The fraction of sp³-hybridized carbons (Fsp3) is 0.118. The van der Waals surface area contributed by atoms with Crippen molar-refractivity contribution in [1.82, 2.24) is 4.98 Å². The first-order valence-electron chi connectivity index (χ1n) is 7.14. The molecular formula is C17H13ClN2O3. The Morgan fingerprint density at radius 2 is 1.91 bits per heavy atom. The van der Waals surface area contributed by atoms with Crippen LogP contribution in [-0.4, -0.2) is 29.5 Å². The smallest absolute Gasteiger partial charge is 0.198 e. The van der Waals surface area contributed by atoms with E-state index in [-0.39, 0.29) is 5.88 Å². The number of aliphatic imine (C=N–C) groups is 1. The van der Waals surface area contributed by atoms with Crippen molar-refractivity contribution in [2.75, 3.05) is 13.2 Å². The van der Waals surface area contributed by atoms with E-state index in [1.54, 1.807) is 18.3 Å². The summed E-state index contributed by atoms with van der Waals surface area (Å²) in [6.07, 6.45) is 1.61. The van der Waals surface area contributed by atoms with Gasteiger partial charge in [0.25, 0.3) is 0 Å². The summed E-state index contributed by atoms with van der Waals surface area (Å²) in [5, 5.41) is 11.5. The molecule has 1 aliphatic rings. The summed E-state index contributed by atoms with van der Waals surface area (Å²) in [4.78, 5) is 7.32. The van der Waals surface area contributed by atoms with Gasteiger partial charge in [-0.2, -0.15) is 0 Å². The van der Waals surface area contributed by atoms with Gasteiger partial charge in [0.15, 0.2) is 17.4 Å². The van der Waals surface area contributed by atoms with Crippen LogP contribution in [0.2, 0.25) is 5.02 Å². The molecule has 1 aliphatic heterocycles. The van der Waals surface area contributed by atoms with E-state index in [1.165, 1.54) is 0 Å². The number of rotatable bonds is 2. The maximum absolute atomic E-state index is 10.1. The number of aromatic nitrogens is 1. The number of fused-ring (bicyclic) bond motifs is 2. The Hall–Kier alpha value is -2.66. The summed E-state index contributed by atoms with van der Waals surface area (Å²) in [5.41, 5.74) is 2.11. The molecular weight excluding hydrogens is 316 g/mol. The van der Waals surface area contributed by atoms with Crippen molar-refractivity contribution in [3.8, 4) is 17.4 Å². The molecule has 0 spiro atoms. The number of hydrogen-bond acceptors (Lipinski definition) is 4. The first-order valence-corrected chi connectivity index (χ1v) is 7.52. The topological polar surface area (TPSA) is 66.8 Å². The maximum atomic E-state index is 10.1. The van der Waals surface area contributed by atoms with Crippen LogP contribution in [0.1, 0.15) is 5.56 Å². The van der Waals surface area contributed by atoms with Gasteiger partial charge in [0.1, 0.15) is 13.2 Å². The molecule has 1 aromatic heterocycles. The highest BCUT2D eigenvalue weighted by molar-refractivity contribution is 6.31. The van der Waals surface area contributed by atoms with E-state index < -0.39 is 0 Å². The van der Waals surface area contributed by atoms with Crippen LogP contribution in [0.15, 0.2) is 41.4 Å². The third-order valence-electron chi connectivity index (χ3n) is 3.65. The van der Waals surface area contributed by atoms with Gasteiger partial charge in [-0.25, -0.2) is 0 Å². The zero-order chi connectivity index (χ0) is 15.8. The monoisotopic (exact) mass is 328 g/mol. The predicted molar refractivity (Wildman–Crippen MR) is 89.7 cm³/mol. The summed E-state index contributed by atoms with van der Waals surface area (Å²) >= 11 is 6.03. The van der Waals surface area contributed by atoms with E-state index >= 15 is 0 Å². The van der Waals surface area contributed by atoms with Gasteiger partial charge >= 0.3 is 0 Å². The van der Waals surface area contributed by atoms with E-state index in [0.717, 1.165) is 16.7 Å². The Labute approximate surface area is 137 Å². The number of benzene rings is 2. The standard InChI is InChI=1S/C17H13ClN2O3/c18-10-1-3-14-12(7-10)13(17(21)20-14)9-19-11-2-4-15-16(8-11)23-6-5-22-15/h1-4,7-9,20-21H,5-6H2. The molecule has 0 amide bonds. The Kier molecular flexibility index (Phi) is 3.35. The zero-order valence-corrected chi connectivity index (χ0v) is 12.8. The summed E-state index contributed by atoms with van der Waals surface area (Å²) in [5.74, 6) is 1.46. The van der Waals surface area contributed by atoms with Crippen LogP contribution < -0.4 is 9.47 Å². The van der Waals surface area contributed by atoms with Crippen molar-refractivity contribution < 1.29 is 14.6 Å². The van der Waals surface area contributed by atoms with E-state index in [1.807, 2.05) is 24.3 Å². The van der Waals surface area contributed by atoms with Crippen LogP contribution in [0.25, 0.3) is 10.9 Å². The number of nitrogens with one attached hydrogen (secondary N) is 1. The highest BCUT2D eigenvalue weighted by Crippen LogP contribution is 2.34. The number of halogens is 1. The summed E-state index contributed by atoms with van der Waals surface area (Å²) in [6.45, 7) is 1.08. The van der Waals surface area contributed by atoms with E-state index in [4.69, 9.17) is 21.1 Å². The first kappa shape index (κ1) is 14.0. The lowest BCUT2D eigenvalue weighted by molar-refractivity contribution is 0.171. The molecule has 0 aliphatic carbocycles. The van der Waals surface area contributed by atoms with Gasteiger partial charge in [-0.15, -0.1) is 0 Å². The number of ether oxygens (including phenoxy) is 2. The second kappa shape index (κ2) is 5.52. The second-order valence-electron chi connectivity index (χ2n) is 5.16. The van der Waals surface area contributed by atoms with Crippen molar-refractivity contribution in [1.29, 1.82) is 0 Å². The number of aromatic hydroxyl groups is 1. The molecule has 6 heteroatoms. The number of aromatic amines is 1. The lowest BCUT2D eigenvalue weighted by Gasteiger charge is -2.18. The molecule has 2 N–H and O–H groups in total. The highest BCUT2D eigenvalue weighted by atomic mass is 35.5. The van der Waals surface area contributed by atoms with Crippen molar-refractivity contribution in [3.63, 3.8) is 0 Å². The van der Waals surface area contributed by atoms with E-state index in [2.05, 4.69) is 9.98 Å². The molecule has 0 unspecified atom stereocenters.